The number of methoxy groups -OCH3 is 1. The molecule has 1 aromatic heterocycles. The lowest BCUT2D eigenvalue weighted by Gasteiger charge is -2.40. The van der Waals surface area contributed by atoms with Gasteiger partial charge in [-0.2, -0.15) is 0 Å². The van der Waals surface area contributed by atoms with E-state index in [4.69, 9.17) is 9.47 Å². The maximum absolute atomic E-state index is 13.5. The zero-order chi connectivity index (χ0) is 25.8. The summed E-state index contributed by atoms with van der Waals surface area (Å²) in [4.78, 5) is 24.7. The first kappa shape index (κ1) is 26.3. The Kier molecular flexibility index (Phi) is 8.57. The number of likely N-dealkylation sites (tertiary alicyclic amines) is 1. The summed E-state index contributed by atoms with van der Waals surface area (Å²) in [7, 11) is 1.75. The van der Waals surface area contributed by atoms with Gasteiger partial charge in [0.1, 0.15) is 17.3 Å². The summed E-state index contributed by atoms with van der Waals surface area (Å²) in [5, 5.41) is 7.32. The van der Waals surface area contributed by atoms with E-state index < -0.39 is 0 Å². The molecule has 0 bridgehead atoms. The molecule has 37 heavy (non-hydrogen) atoms. The molecule has 0 aromatic carbocycles. The van der Waals surface area contributed by atoms with Crippen LogP contribution in [0.2, 0.25) is 0 Å². The van der Waals surface area contributed by atoms with Crippen molar-refractivity contribution in [2.24, 2.45) is 17.8 Å². The number of aryl methyl sites for hydroxylation is 1. The lowest BCUT2D eigenvalue weighted by molar-refractivity contribution is -0.0533. The number of rotatable bonds is 8. The molecule has 3 atom stereocenters. The molecule has 4 aliphatic rings. The molecule has 8 heteroatoms. The number of carbonyl (C=O) groups excluding carboxylic acids is 1. The van der Waals surface area contributed by atoms with Crippen LogP contribution >= 0.6 is 0 Å². The van der Waals surface area contributed by atoms with Gasteiger partial charge in [-0.25, -0.2) is 9.97 Å². The Bertz CT molecular complexity index is 998. The molecule has 1 aromatic rings. The third-order valence-electron chi connectivity index (χ3n) is 8.75. The van der Waals surface area contributed by atoms with Crippen molar-refractivity contribution in [1.29, 1.82) is 0 Å². The molecule has 1 unspecified atom stereocenters. The van der Waals surface area contributed by atoms with Crippen LogP contribution in [0, 0.1) is 31.6 Å². The number of carbonyl (C=O) groups is 1. The molecule has 3 fully saturated rings. The number of ether oxygens (including phenoxy) is 2. The number of aromatic nitrogens is 2. The van der Waals surface area contributed by atoms with Crippen LogP contribution in [0.25, 0.3) is 0 Å². The quantitative estimate of drug-likeness (QED) is 0.553. The maximum atomic E-state index is 13.5. The first-order valence-electron chi connectivity index (χ1n) is 14.1. The van der Waals surface area contributed by atoms with Crippen molar-refractivity contribution in [3.63, 3.8) is 0 Å². The van der Waals surface area contributed by atoms with Crippen molar-refractivity contribution in [2.45, 2.75) is 70.6 Å². The third kappa shape index (κ3) is 6.24. The Balaban J connectivity index is 1.12. The minimum absolute atomic E-state index is 0.0196. The second-order valence-electron chi connectivity index (χ2n) is 11.3. The van der Waals surface area contributed by atoms with Crippen molar-refractivity contribution in [2.75, 3.05) is 45.3 Å². The molecule has 2 saturated heterocycles. The van der Waals surface area contributed by atoms with Crippen LogP contribution in [0.1, 0.15) is 60.4 Å². The summed E-state index contributed by atoms with van der Waals surface area (Å²) in [6, 6.07) is 0.704. The van der Waals surface area contributed by atoms with Gasteiger partial charge in [-0.3, -0.25) is 4.79 Å². The van der Waals surface area contributed by atoms with Gasteiger partial charge in [-0.05, 0) is 70.1 Å². The van der Waals surface area contributed by atoms with E-state index >= 15 is 0 Å². The predicted molar refractivity (Wildman–Crippen MR) is 145 cm³/mol. The van der Waals surface area contributed by atoms with Crippen molar-refractivity contribution in [1.82, 2.24) is 20.2 Å². The molecule has 0 spiro atoms. The van der Waals surface area contributed by atoms with Crippen molar-refractivity contribution >= 4 is 11.7 Å². The van der Waals surface area contributed by atoms with Crippen LogP contribution in [-0.4, -0.2) is 78.9 Å². The van der Waals surface area contributed by atoms with E-state index in [0.717, 1.165) is 62.8 Å². The predicted octanol–water partition coefficient (Wildman–Crippen LogP) is 3.66. The van der Waals surface area contributed by atoms with Gasteiger partial charge >= 0.3 is 0 Å². The number of hydrogen-bond acceptors (Lipinski definition) is 7. The number of nitrogens with zero attached hydrogens (tertiary/aromatic N) is 3. The van der Waals surface area contributed by atoms with Gasteiger partial charge in [-0.15, -0.1) is 0 Å². The molecule has 8 nitrogen and oxygen atoms in total. The molecule has 2 aliphatic heterocycles. The van der Waals surface area contributed by atoms with Crippen LogP contribution < -0.4 is 10.6 Å². The Morgan fingerprint density at radius 3 is 2.70 bits per heavy atom. The van der Waals surface area contributed by atoms with Crippen LogP contribution in [0.15, 0.2) is 24.3 Å². The fourth-order valence-electron chi connectivity index (χ4n) is 6.34. The second kappa shape index (κ2) is 12.0. The fourth-order valence-corrected chi connectivity index (χ4v) is 6.34. The highest BCUT2D eigenvalue weighted by Gasteiger charge is 2.34. The highest BCUT2D eigenvalue weighted by atomic mass is 16.5. The highest BCUT2D eigenvalue weighted by Crippen LogP contribution is 2.41. The fraction of sp³-hybridized carbons (Fsp3) is 0.690. The molecule has 3 heterocycles. The molecule has 202 valence electrons. The summed E-state index contributed by atoms with van der Waals surface area (Å²) < 4.78 is 11.1. The van der Waals surface area contributed by atoms with Crippen LogP contribution in [0.3, 0.4) is 0 Å². The van der Waals surface area contributed by atoms with Gasteiger partial charge < -0.3 is 25.0 Å². The molecule has 0 radical (unpaired) electrons. The van der Waals surface area contributed by atoms with Crippen LogP contribution in [-0.2, 0) is 9.47 Å². The Hall–Kier alpha value is -2.29. The van der Waals surface area contributed by atoms with Gasteiger partial charge in [-0.1, -0.05) is 24.3 Å². The SMILES string of the molecule is CO[C@@H]1COCC[C@@H]1NC1CCN(C(=O)c2nc(C)nc(NC[C@H]3C[C@H](C4C=CC=CC4)C3)c2C)CC1. The lowest BCUT2D eigenvalue weighted by Crippen LogP contribution is -2.54. The average Bonchev–Trinajstić information content (AvgIpc) is 2.90. The third-order valence-corrected chi connectivity index (χ3v) is 8.75. The number of hydrogen-bond donors (Lipinski definition) is 2. The Labute approximate surface area is 221 Å². The number of nitrogens with one attached hydrogen (secondary N) is 2. The van der Waals surface area contributed by atoms with E-state index in [9.17, 15) is 4.79 Å². The normalized spacial score (nSPS) is 30.2. The minimum atomic E-state index is 0.0196. The standard InChI is InChI=1S/C29H43N5O3/c1-19-27(29(35)34-12-9-24(10-13-34)33-25-11-14-37-18-26(25)36-3)31-20(2)32-28(19)30-17-21-15-23(16-21)22-7-5-4-6-8-22/h4-7,21-26,33H,8-18H2,1-3H3,(H,30,31,32)/t21-,22?,23-,25-,26+/m0/s1. The molecule has 1 amide bonds. The first-order valence-corrected chi connectivity index (χ1v) is 14.1. The van der Waals surface area contributed by atoms with Gasteiger partial charge in [0.15, 0.2) is 0 Å². The molecule has 2 N–H and O–H groups in total. The number of anilines is 1. The van der Waals surface area contributed by atoms with Gasteiger partial charge in [0.05, 0.1) is 12.7 Å². The molecular weight excluding hydrogens is 466 g/mol. The monoisotopic (exact) mass is 509 g/mol. The summed E-state index contributed by atoms with van der Waals surface area (Å²) in [6.07, 6.45) is 15.6. The Morgan fingerprint density at radius 2 is 1.97 bits per heavy atom. The molecule has 2 aliphatic carbocycles. The first-order chi connectivity index (χ1) is 18.0. The van der Waals surface area contributed by atoms with Gasteiger partial charge in [0, 0.05) is 51.0 Å². The molecule has 5 rings (SSSR count). The number of piperidine rings is 1. The van der Waals surface area contributed by atoms with Crippen LogP contribution in [0.4, 0.5) is 5.82 Å². The number of allylic oxidation sites excluding steroid dienone is 4. The highest BCUT2D eigenvalue weighted by molar-refractivity contribution is 5.94. The summed E-state index contributed by atoms with van der Waals surface area (Å²) in [5.74, 6) is 3.63. The van der Waals surface area contributed by atoms with Gasteiger partial charge in [0.25, 0.3) is 5.91 Å². The Morgan fingerprint density at radius 1 is 1.16 bits per heavy atom. The molecule has 1 saturated carbocycles. The van der Waals surface area contributed by atoms with E-state index in [0.29, 0.717) is 42.0 Å². The maximum Gasteiger partial charge on any atom is 0.272 e. The van der Waals surface area contributed by atoms with E-state index in [2.05, 4.69) is 44.9 Å². The van der Waals surface area contributed by atoms with Crippen LogP contribution in [0.5, 0.6) is 0 Å². The van der Waals surface area contributed by atoms with Crippen molar-refractivity contribution < 1.29 is 14.3 Å². The minimum Gasteiger partial charge on any atom is -0.379 e. The summed E-state index contributed by atoms with van der Waals surface area (Å²) in [6.45, 7) is 7.63. The zero-order valence-electron chi connectivity index (χ0n) is 22.6. The van der Waals surface area contributed by atoms with E-state index in [1.54, 1.807) is 7.11 Å². The lowest BCUT2D eigenvalue weighted by atomic mass is 9.67. The van der Waals surface area contributed by atoms with E-state index in [1.165, 1.54) is 19.3 Å². The van der Waals surface area contributed by atoms with E-state index in [-0.39, 0.29) is 12.0 Å². The van der Waals surface area contributed by atoms with Crippen molar-refractivity contribution in [3.05, 3.63) is 41.4 Å². The second-order valence-corrected chi connectivity index (χ2v) is 11.3. The zero-order valence-corrected chi connectivity index (χ0v) is 22.6. The summed E-state index contributed by atoms with van der Waals surface area (Å²) in [5.41, 5.74) is 1.40. The van der Waals surface area contributed by atoms with E-state index in [1.807, 2.05) is 18.7 Å². The van der Waals surface area contributed by atoms with Crippen molar-refractivity contribution in [3.8, 4) is 0 Å². The number of amides is 1. The largest absolute Gasteiger partial charge is 0.379 e. The smallest absolute Gasteiger partial charge is 0.272 e. The molecular formula is C29H43N5O3. The topological polar surface area (TPSA) is 88.6 Å². The van der Waals surface area contributed by atoms with Gasteiger partial charge in [0.2, 0.25) is 0 Å². The average molecular weight is 510 g/mol. The summed E-state index contributed by atoms with van der Waals surface area (Å²) >= 11 is 0.